The Morgan fingerprint density at radius 2 is 1.96 bits per heavy atom. The first-order valence-corrected chi connectivity index (χ1v) is 8.08. The summed E-state index contributed by atoms with van der Waals surface area (Å²) in [6.07, 6.45) is 1.68. The second-order valence-electron chi connectivity index (χ2n) is 5.58. The van der Waals surface area contributed by atoms with Crippen LogP contribution in [0.4, 0.5) is 0 Å². The van der Waals surface area contributed by atoms with Gasteiger partial charge in [0, 0.05) is 31.9 Å². The number of benzene rings is 1. The Balaban J connectivity index is 0.00000225. The predicted molar refractivity (Wildman–Crippen MR) is 97.4 cm³/mol. The number of amides is 1. The zero-order chi connectivity index (χ0) is 16.8. The minimum absolute atomic E-state index is 0. The number of nitrogens with one attached hydrogen (secondary N) is 2. The van der Waals surface area contributed by atoms with Gasteiger partial charge in [-0.25, -0.2) is 4.98 Å². The van der Waals surface area contributed by atoms with Gasteiger partial charge in [-0.15, -0.1) is 12.4 Å². The van der Waals surface area contributed by atoms with Gasteiger partial charge in [0.1, 0.15) is 11.5 Å². The maximum atomic E-state index is 11.8. The molecule has 7 heteroatoms. The molecule has 0 aliphatic carbocycles. The largest absolute Gasteiger partial charge is 0.494 e. The molecule has 1 aromatic heterocycles. The molecule has 0 saturated carbocycles. The van der Waals surface area contributed by atoms with Crippen molar-refractivity contribution in [3.05, 3.63) is 48.2 Å². The van der Waals surface area contributed by atoms with Gasteiger partial charge in [0.15, 0.2) is 0 Å². The molecule has 2 aromatic rings. The normalized spacial score (nSPS) is 13.3. The smallest absolute Gasteiger partial charge is 0.225 e. The zero-order valence-corrected chi connectivity index (χ0v) is 14.8. The molecule has 25 heavy (non-hydrogen) atoms. The van der Waals surface area contributed by atoms with Gasteiger partial charge in [-0.05, 0) is 42.8 Å². The fourth-order valence-electron chi connectivity index (χ4n) is 2.32. The van der Waals surface area contributed by atoms with Crippen molar-refractivity contribution in [2.45, 2.75) is 13.5 Å². The Hall–Kier alpha value is -2.31. The van der Waals surface area contributed by atoms with Gasteiger partial charge in [-0.2, -0.15) is 0 Å². The van der Waals surface area contributed by atoms with E-state index in [2.05, 4.69) is 15.6 Å². The first kappa shape index (κ1) is 19.0. The first-order valence-electron chi connectivity index (χ1n) is 8.08. The van der Waals surface area contributed by atoms with E-state index in [0.717, 1.165) is 24.4 Å². The van der Waals surface area contributed by atoms with Crippen LogP contribution in [-0.2, 0) is 11.3 Å². The summed E-state index contributed by atoms with van der Waals surface area (Å²) in [7, 11) is 0. The molecule has 0 radical (unpaired) electrons. The van der Waals surface area contributed by atoms with Crippen LogP contribution >= 0.6 is 12.4 Å². The van der Waals surface area contributed by atoms with Gasteiger partial charge < -0.3 is 20.1 Å². The summed E-state index contributed by atoms with van der Waals surface area (Å²) in [5, 5.41) is 6.02. The van der Waals surface area contributed by atoms with Gasteiger partial charge in [0.2, 0.25) is 11.8 Å². The highest BCUT2D eigenvalue weighted by Crippen LogP contribution is 2.23. The molecule has 2 N–H and O–H groups in total. The average molecular weight is 364 g/mol. The summed E-state index contributed by atoms with van der Waals surface area (Å²) in [6.45, 7) is 4.56. The molecule has 6 nitrogen and oxygen atoms in total. The van der Waals surface area contributed by atoms with E-state index in [-0.39, 0.29) is 24.2 Å². The third-order valence-corrected chi connectivity index (χ3v) is 3.78. The molecular weight excluding hydrogens is 342 g/mol. The number of nitrogens with zero attached hydrogens (tertiary/aromatic N) is 1. The number of hydrogen-bond acceptors (Lipinski definition) is 5. The Kier molecular flexibility index (Phi) is 7.03. The van der Waals surface area contributed by atoms with Crippen LogP contribution in [0.15, 0.2) is 42.6 Å². The molecule has 0 unspecified atom stereocenters. The maximum Gasteiger partial charge on any atom is 0.225 e. The Morgan fingerprint density at radius 1 is 1.24 bits per heavy atom. The van der Waals surface area contributed by atoms with Crippen molar-refractivity contribution in [1.82, 2.24) is 15.6 Å². The van der Waals surface area contributed by atoms with Gasteiger partial charge >= 0.3 is 0 Å². The standard InChI is InChI=1S/C18H21N3O3.ClH/c1-2-23-15-3-5-16(6-4-15)24-17-9-13(7-8-20-17)10-21-18(22)14-11-19-12-14;/h3-9,14,19H,2,10-12H2,1H3,(H,21,22);1H. The molecule has 0 bridgehead atoms. The molecule has 1 amide bonds. The number of pyridine rings is 1. The fourth-order valence-corrected chi connectivity index (χ4v) is 2.32. The minimum Gasteiger partial charge on any atom is -0.494 e. The maximum absolute atomic E-state index is 11.8. The quantitative estimate of drug-likeness (QED) is 0.790. The average Bonchev–Trinajstić information content (AvgIpc) is 2.54. The Labute approximate surface area is 153 Å². The van der Waals surface area contributed by atoms with E-state index >= 15 is 0 Å². The molecule has 3 rings (SSSR count). The van der Waals surface area contributed by atoms with Crippen molar-refractivity contribution in [1.29, 1.82) is 0 Å². The van der Waals surface area contributed by atoms with Crippen molar-refractivity contribution in [3.8, 4) is 17.4 Å². The van der Waals surface area contributed by atoms with E-state index < -0.39 is 0 Å². The summed E-state index contributed by atoms with van der Waals surface area (Å²) in [5.74, 6) is 2.16. The van der Waals surface area contributed by atoms with E-state index in [0.29, 0.717) is 24.8 Å². The molecule has 1 aliphatic rings. The Morgan fingerprint density at radius 3 is 2.60 bits per heavy atom. The van der Waals surface area contributed by atoms with Crippen LogP contribution in [0.25, 0.3) is 0 Å². The molecule has 2 heterocycles. The molecule has 1 fully saturated rings. The van der Waals surface area contributed by atoms with Gasteiger partial charge in [-0.3, -0.25) is 4.79 Å². The van der Waals surface area contributed by atoms with Crippen LogP contribution in [-0.4, -0.2) is 30.6 Å². The molecule has 0 atom stereocenters. The number of halogens is 1. The molecule has 0 spiro atoms. The van der Waals surface area contributed by atoms with Crippen molar-refractivity contribution in [2.24, 2.45) is 5.92 Å². The van der Waals surface area contributed by atoms with E-state index in [9.17, 15) is 4.79 Å². The lowest BCUT2D eigenvalue weighted by atomic mass is 10.0. The lowest BCUT2D eigenvalue weighted by molar-refractivity contribution is -0.126. The zero-order valence-electron chi connectivity index (χ0n) is 14.0. The van der Waals surface area contributed by atoms with Crippen molar-refractivity contribution >= 4 is 18.3 Å². The summed E-state index contributed by atoms with van der Waals surface area (Å²) < 4.78 is 11.2. The molecule has 134 valence electrons. The predicted octanol–water partition coefficient (Wildman–Crippen LogP) is 2.53. The number of carbonyl (C=O) groups is 1. The van der Waals surface area contributed by atoms with Gasteiger partial charge in [-0.1, -0.05) is 0 Å². The summed E-state index contributed by atoms with van der Waals surface area (Å²) >= 11 is 0. The van der Waals surface area contributed by atoms with Crippen LogP contribution < -0.4 is 20.1 Å². The number of rotatable bonds is 7. The van der Waals surface area contributed by atoms with E-state index in [1.54, 1.807) is 6.20 Å². The van der Waals surface area contributed by atoms with Crippen LogP contribution in [0.3, 0.4) is 0 Å². The summed E-state index contributed by atoms with van der Waals surface area (Å²) in [5.41, 5.74) is 0.951. The van der Waals surface area contributed by atoms with Crippen LogP contribution in [0.5, 0.6) is 17.4 Å². The number of aromatic nitrogens is 1. The lowest BCUT2D eigenvalue weighted by Gasteiger charge is -2.25. The third-order valence-electron chi connectivity index (χ3n) is 3.78. The van der Waals surface area contributed by atoms with Crippen molar-refractivity contribution < 1.29 is 14.3 Å². The summed E-state index contributed by atoms with van der Waals surface area (Å²) in [6, 6.07) is 11.1. The van der Waals surface area contributed by atoms with Crippen LogP contribution in [0, 0.1) is 5.92 Å². The number of ether oxygens (including phenoxy) is 2. The van der Waals surface area contributed by atoms with Crippen LogP contribution in [0.1, 0.15) is 12.5 Å². The van der Waals surface area contributed by atoms with Crippen molar-refractivity contribution in [3.63, 3.8) is 0 Å². The third kappa shape index (κ3) is 5.34. The van der Waals surface area contributed by atoms with Crippen molar-refractivity contribution in [2.75, 3.05) is 19.7 Å². The first-order chi connectivity index (χ1) is 11.7. The molecule has 1 aliphatic heterocycles. The fraction of sp³-hybridized carbons (Fsp3) is 0.333. The monoisotopic (exact) mass is 363 g/mol. The highest BCUT2D eigenvalue weighted by atomic mass is 35.5. The van der Waals surface area contributed by atoms with Crippen LogP contribution in [0.2, 0.25) is 0 Å². The number of carbonyl (C=O) groups excluding carboxylic acids is 1. The molecule has 1 saturated heterocycles. The highest BCUT2D eigenvalue weighted by molar-refractivity contribution is 5.85. The molecular formula is C18H22ClN3O3. The number of hydrogen-bond donors (Lipinski definition) is 2. The summed E-state index contributed by atoms with van der Waals surface area (Å²) in [4.78, 5) is 16.1. The molecule has 1 aromatic carbocycles. The second kappa shape index (κ2) is 9.25. The van der Waals surface area contributed by atoms with Gasteiger partial charge in [0.05, 0.1) is 12.5 Å². The second-order valence-corrected chi connectivity index (χ2v) is 5.58. The Bertz CT molecular complexity index is 690. The minimum atomic E-state index is 0. The SMILES string of the molecule is CCOc1ccc(Oc2cc(CNC(=O)C3CNC3)ccn2)cc1.Cl. The lowest BCUT2D eigenvalue weighted by Crippen LogP contribution is -2.50. The van der Waals surface area contributed by atoms with E-state index in [4.69, 9.17) is 9.47 Å². The van der Waals surface area contributed by atoms with E-state index in [1.807, 2.05) is 43.3 Å². The highest BCUT2D eigenvalue weighted by Gasteiger charge is 2.24. The topological polar surface area (TPSA) is 72.5 Å². The van der Waals surface area contributed by atoms with Gasteiger partial charge in [0.25, 0.3) is 0 Å². The van der Waals surface area contributed by atoms with E-state index in [1.165, 1.54) is 0 Å².